The molecule has 6 N–H and O–H groups in total. The van der Waals surface area contributed by atoms with Gasteiger partial charge in [0, 0.05) is 16.8 Å². The molecule has 0 spiro atoms. The molecule has 1 aromatic carbocycles. The molecule has 17 heavy (non-hydrogen) atoms. The molecule has 2 atom stereocenters. The number of hydrogen-bond acceptors (Lipinski definition) is 5. The van der Waals surface area contributed by atoms with Gasteiger partial charge >= 0.3 is 0 Å². The van der Waals surface area contributed by atoms with E-state index < -0.39 is 12.2 Å². The molecule has 5 heteroatoms. The minimum Gasteiger partial charge on any atom is -0.398 e. The number of hydrogen-bond donors (Lipinski definition) is 4. The van der Waals surface area contributed by atoms with Crippen LogP contribution in [-0.2, 0) is 0 Å². The van der Waals surface area contributed by atoms with Gasteiger partial charge in [-0.1, -0.05) is 12.1 Å². The molecule has 0 bridgehead atoms. The smallest absolute Gasteiger partial charge is 0.159 e. The van der Waals surface area contributed by atoms with Crippen LogP contribution < -0.4 is 11.5 Å². The Morgan fingerprint density at radius 3 is 2.53 bits per heavy atom. The van der Waals surface area contributed by atoms with Gasteiger partial charge in [-0.3, -0.25) is 4.79 Å². The Kier molecular flexibility index (Phi) is 4.62. The summed E-state index contributed by atoms with van der Waals surface area (Å²) in [5, 5.41) is 19.5. The van der Waals surface area contributed by atoms with Crippen molar-refractivity contribution in [2.45, 2.75) is 25.6 Å². The molecule has 1 rings (SSSR count). The lowest BCUT2D eigenvalue weighted by Gasteiger charge is -2.19. The summed E-state index contributed by atoms with van der Waals surface area (Å²) in [7, 11) is 0. The van der Waals surface area contributed by atoms with Gasteiger partial charge in [-0.25, -0.2) is 0 Å². The molecule has 0 aliphatic carbocycles. The molecule has 0 saturated carbocycles. The lowest BCUT2D eigenvalue weighted by molar-refractivity contribution is 0.0154. The first-order valence-electron chi connectivity index (χ1n) is 5.44. The van der Waals surface area contributed by atoms with Crippen molar-refractivity contribution in [3.8, 4) is 0 Å². The number of Topliss-reactive ketones (excluding diaryl/α,β-unsaturated/α-hetero) is 1. The molecule has 0 aliphatic heterocycles. The van der Waals surface area contributed by atoms with E-state index in [-0.39, 0.29) is 18.7 Å². The number of ketones is 1. The molecule has 2 unspecified atom stereocenters. The van der Waals surface area contributed by atoms with Gasteiger partial charge in [0.05, 0.1) is 6.10 Å². The number of carbonyl (C=O) groups is 1. The van der Waals surface area contributed by atoms with Crippen LogP contribution in [0.1, 0.15) is 35.4 Å². The van der Waals surface area contributed by atoms with Crippen molar-refractivity contribution in [1.82, 2.24) is 0 Å². The van der Waals surface area contributed by atoms with Gasteiger partial charge in [0.15, 0.2) is 5.78 Å². The van der Waals surface area contributed by atoms with Crippen molar-refractivity contribution in [2.24, 2.45) is 5.73 Å². The first-order chi connectivity index (χ1) is 7.97. The van der Waals surface area contributed by atoms with Crippen molar-refractivity contribution in [3.05, 3.63) is 29.3 Å². The third-order valence-electron chi connectivity index (χ3n) is 2.64. The van der Waals surface area contributed by atoms with E-state index >= 15 is 0 Å². The number of anilines is 1. The Labute approximate surface area is 100 Å². The zero-order chi connectivity index (χ0) is 13.0. The van der Waals surface area contributed by atoms with E-state index in [0.717, 1.165) is 0 Å². The highest BCUT2D eigenvalue weighted by Gasteiger charge is 2.20. The summed E-state index contributed by atoms with van der Waals surface area (Å²) in [6, 6.07) is 4.62. The van der Waals surface area contributed by atoms with Crippen LogP contribution >= 0.6 is 0 Å². The maximum atomic E-state index is 11.1. The Morgan fingerprint density at radius 1 is 1.41 bits per heavy atom. The molecule has 0 fully saturated rings. The highest BCUT2D eigenvalue weighted by atomic mass is 16.3. The maximum absolute atomic E-state index is 11.1. The monoisotopic (exact) mass is 238 g/mol. The molecule has 5 nitrogen and oxygen atoms in total. The van der Waals surface area contributed by atoms with Crippen LogP contribution in [-0.4, -0.2) is 28.6 Å². The topological polar surface area (TPSA) is 110 Å². The summed E-state index contributed by atoms with van der Waals surface area (Å²) in [6.45, 7) is 1.72. The molecular formula is C12H18N2O3. The van der Waals surface area contributed by atoms with E-state index in [4.69, 9.17) is 11.5 Å². The van der Waals surface area contributed by atoms with E-state index in [1.807, 2.05) is 0 Å². The summed E-state index contributed by atoms with van der Waals surface area (Å²) >= 11 is 0. The highest BCUT2D eigenvalue weighted by molar-refractivity contribution is 5.95. The third-order valence-corrected chi connectivity index (χ3v) is 2.64. The summed E-state index contributed by atoms with van der Waals surface area (Å²) in [5.41, 5.74) is 12.2. The van der Waals surface area contributed by atoms with Gasteiger partial charge in [0.1, 0.15) is 6.10 Å². The number of carbonyl (C=O) groups excluding carboxylic acids is 1. The molecule has 1 aromatic rings. The van der Waals surface area contributed by atoms with Crippen molar-refractivity contribution >= 4 is 11.5 Å². The summed E-state index contributed by atoms with van der Waals surface area (Å²) in [4.78, 5) is 11.1. The van der Waals surface area contributed by atoms with Crippen molar-refractivity contribution in [3.63, 3.8) is 0 Å². The summed E-state index contributed by atoms with van der Waals surface area (Å²) in [6.07, 6.45) is -1.75. The quantitative estimate of drug-likeness (QED) is 0.433. The fraction of sp³-hybridized carbons (Fsp3) is 0.417. The summed E-state index contributed by atoms with van der Waals surface area (Å²) < 4.78 is 0. The van der Waals surface area contributed by atoms with Gasteiger partial charge in [-0.2, -0.15) is 0 Å². The van der Waals surface area contributed by atoms with Crippen LogP contribution in [0, 0.1) is 0 Å². The largest absolute Gasteiger partial charge is 0.398 e. The minimum atomic E-state index is -1.08. The average molecular weight is 238 g/mol. The lowest BCUT2D eigenvalue weighted by Crippen LogP contribution is -2.22. The zero-order valence-electron chi connectivity index (χ0n) is 9.76. The normalized spacial score (nSPS) is 14.4. The predicted molar refractivity (Wildman–Crippen MR) is 65.5 cm³/mol. The third kappa shape index (κ3) is 3.26. The van der Waals surface area contributed by atoms with E-state index in [9.17, 15) is 15.0 Å². The highest BCUT2D eigenvalue weighted by Crippen LogP contribution is 2.25. The number of nitrogen functional groups attached to an aromatic ring is 1. The second-order valence-electron chi connectivity index (χ2n) is 3.99. The Bertz CT molecular complexity index is 407. The van der Waals surface area contributed by atoms with Crippen LogP contribution in [0.5, 0.6) is 0 Å². The van der Waals surface area contributed by atoms with Crippen LogP contribution in [0.4, 0.5) is 5.69 Å². The molecule has 0 heterocycles. The van der Waals surface area contributed by atoms with E-state index in [1.54, 1.807) is 12.1 Å². The fourth-order valence-corrected chi connectivity index (χ4v) is 1.60. The maximum Gasteiger partial charge on any atom is 0.159 e. The lowest BCUT2D eigenvalue weighted by atomic mass is 9.98. The summed E-state index contributed by atoms with van der Waals surface area (Å²) in [5.74, 6) is -0.0970. The van der Waals surface area contributed by atoms with Gasteiger partial charge in [-0.05, 0) is 26.0 Å². The minimum absolute atomic E-state index is 0.0970. The number of rotatable bonds is 5. The second kappa shape index (κ2) is 5.77. The Morgan fingerprint density at radius 2 is 2.06 bits per heavy atom. The molecule has 0 amide bonds. The van der Waals surface area contributed by atoms with Crippen LogP contribution in [0.15, 0.2) is 18.2 Å². The van der Waals surface area contributed by atoms with Crippen molar-refractivity contribution in [2.75, 3.05) is 12.3 Å². The standard InChI is InChI=1S/C12H18N2O3/c1-7(15)8-2-3-9(10(14)6-8)12(17)11(16)4-5-13/h2-3,6,11-12,16-17H,4-5,13-14H2,1H3. The van der Waals surface area contributed by atoms with Crippen molar-refractivity contribution in [1.29, 1.82) is 0 Å². The molecule has 94 valence electrons. The molecular weight excluding hydrogens is 220 g/mol. The van der Waals surface area contributed by atoms with Crippen molar-refractivity contribution < 1.29 is 15.0 Å². The zero-order valence-corrected chi connectivity index (χ0v) is 9.76. The average Bonchev–Trinajstić information content (AvgIpc) is 2.28. The van der Waals surface area contributed by atoms with Crippen LogP contribution in [0.3, 0.4) is 0 Å². The van der Waals surface area contributed by atoms with Gasteiger partial charge in [0.25, 0.3) is 0 Å². The predicted octanol–water partition coefficient (Wildman–Crippen LogP) is 0.214. The van der Waals surface area contributed by atoms with Gasteiger partial charge in [0.2, 0.25) is 0 Å². The van der Waals surface area contributed by atoms with Crippen LogP contribution in [0.25, 0.3) is 0 Å². The van der Waals surface area contributed by atoms with Gasteiger partial charge in [-0.15, -0.1) is 0 Å². The first-order valence-corrected chi connectivity index (χ1v) is 5.44. The molecule has 0 aromatic heterocycles. The molecule has 0 saturated heterocycles. The van der Waals surface area contributed by atoms with E-state index in [2.05, 4.69) is 0 Å². The SMILES string of the molecule is CC(=O)c1ccc(C(O)C(O)CCN)c(N)c1. The number of benzene rings is 1. The number of aliphatic hydroxyl groups excluding tert-OH is 2. The van der Waals surface area contributed by atoms with Gasteiger partial charge < -0.3 is 21.7 Å². The Hall–Kier alpha value is -1.43. The number of aliphatic hydroxyl groups is 2. The number of nitrogens with two attached hydrogens (primary N) is 2. The van der Waals surface area contributed by atoms with E-state index in [0.29, 0.717) is 16.8 Å². The molecule has 0 aliphatic rings. The fourth-order valence-electron chi connectivity index (χ4n) is 1.60. The Balaban J connectivity index is 2.95. The van der Waals surface area contributed by atoms with Crippen LogP contribution in [0.2, 0.25) is 0 Å². The first kappa shape index (κ1) is 13.6. The van der Waals surface area contributed by atoms with E-state index in [1.165, 1.54) is 13.0 Å². The molecule has 0 radical (unpaired) electrons. The second-order valence-corrected chi connectivity index (χ2v) is 3.99.